The van der Waals surface area contributed by atoms with Crippen molar-refractivity contribution >= 4 is 22.2 Å². The molecule has 1 aromatic carbocycles. The molecule has 0 radical (unpaired) electrons. The minimum absolute atomic E-state index is 0. The predicted molar refractivity (Wildman–Crippen MR) is 104 cm³/mol. The lowest BCUT2D eigenvalue weighted by Gasteiger charge is -2.18. The number of hydrogen-bond acceptors (Lipinski definition) is 5. The molecule has 8 heteroatoms. The van der Waals surface area contributed by atoms with E-state index < -0.39 is 9.84 Å². The molecule has 1 saturated heterocycles. The van der Waals surface area contributed by atoms with Gasteiger partial charge in [0, 0.05) is 24.7 Å². The largest absolute Gasteiger partial charge is 0.493 e. The van der Waals surface area contributed by atoms with Crippen LogP contribution in [0.4, 0.5) is 0 Å². The van der Waals surface area contributed by atoms with Crippen molar-refractivity contribution in [2.24, 2.45) is 0 Å². The summed E-state index contributed by atoms with van der Waals surface area (Å²) in [5, 5.41) is 3.36. The molecule has 3 heterocycles. The van der Waals surface area contributed by atoms with Gasteiger partial charge < -0.3 is 14.6 Å². The second-order valence-corrected chi connectivity index (χ2v) is 9.03. The highest BCUT2D eigenvalue weighted by Crippen LogP contribution is 2.30. The van der Waals surface area contributed by atoms with Crippen molar-refractivity contribution in [2.75, 3.05) is 24.7 Å². The molecule has 0 aliphatic carbocycles. The molecule has 1 unspecified atom stereocenters. The minimum atomic E-state index is -2.83. The summed E-state index contributed by atoms with van der Waals surface area (Å²) < 4.78 is 30.8. The summed E-state index contributed by atoms with van der Waals surface area (Å²) in [6.07, 6.45) is 6.53. The van der Waals surface area contributed by atoms with Gasteiger partial charge in [-0.3, -0.25) is 0 Å². The van der Waals surface area contributed by atoms with Crippen molar-refractivity contribution in [1.29, 1.82) is 0 Å². The number of rotatable bonds is 5. The lowest BCUT2D eigenvalue weighted by atomic mass is 10.0. The van der Waals surface area contributed by atoms with E-state index in [-0.39, 0.29) is 24.2 Å². The molecule has 0 bridgehead atoms. The molecule has 1 N–H and O–H groups in total. The van der Waals surface area contributed by atoms with Gasteiger partial charge in [-0.05, 0) is 43.0 Å². The first-order valence-corrected chi connectivity index (χ1v) is 10.6. The molecular weight excluding hydrogens is 374 g/mol. The fraction of sp³-hybridized carbons (Fsp3) is 0.500. The van der Waals surface area contributed by atoms with Crippen molar-refractivity contribution in [3.05, 3.63) is 36.3 Å². The van der Waals surface area contributed by atoms with Crippen LogP contribution in [0.3, 0.4) is 0 Å². The maximum absolute atomic E-state index is 11.5. The normalized spacial score (nSPS) is 20.8. The van der Waals surface area contributed by atoms with Gasteiger partial charge in [0.1, 0.15) is 5.75 Å². The van der Waals surface area contributed by atoms with Gasteiger partial charge in [-0.1, -0.05) is 0 Å². The monoisotopic (exact) mass is 397 g/mol. The lowest BCUT2D eigenvalue weighted by Crippen LogP contribution is -2.32. The van der Waals surface area contributed by atoms with E-state index in [1.165, 1.54) is 5.56 Å². The number of halogens is 1. The first-order chi connectivity index (χ1) is 12.1. The minimum Gasteiger partial charge on any atom is -0.493 e. The standard InChI is InChI=1S/C18H23N3O3S.ClH/c22-25(23)9-5-16(12-25)20-6-7-21-13-19-11-17(21)14-3-4-18-15(10-14)2-1-8-24-18;/h3-4,10-11,13,16,20H,1-2,5-9,12H2;1H. The van der Waals surface area contributed by atoms with Crippen molar-refractivity contribution in [2.45, 2.75) is 31.8 Å². The smallest absolute Gasteiger partial charge is 0.151 e. The Morgan fingerprint density at radius 2 is 2.23 bits per heavy atom. The SMILES string of the molecule is Cl.O=S1(=O)CCC(NCCn2cncc2-c2ccc3c(c2)CCCO3)C1. The van der Waals surface area contributed by atoms with Crippen LogP contribution in [0.5, 0.6) is 5.75 Å². The predicted octanol–water partition coefficient (Wildman–Crippen LogP) is 2.07. The van der Waals surface area contributed by atoms with Crippen molar-refractivity contribution in [1.82, 2.24) is 14.9 Å². The average Bonchev–Trinajstić information content (AvgIpc) is 3.21. The number of aromatic nitrogens is 2. The van der Waals surface area contributed by atoms with Crippen LogP contribution in [0.15, 0.2) is 30.7 Å². The molecule has 0 spiro atoms. The van der Waals surface area contributed by atoms with E-state index in [0.29, 0.717) is 12.2 Å². The molecule has 142 valence electrons. The second-order valence-electron chi connectivity index (χ2n) is 6.80. The van der Waals surface area contributed by atoms with Crippen LogP contribution in [0.2, 0.25) is 0 Å². The summed E-state index contributed by atoms with van der Waals surface area (Å²) in [5.41, 5.74) is 3.48. The molecule has 0 amide bonds. The van der Waals surface area contributed by atoms with Gasteiger partial charge >= 0.3 is 0 Å². The molecule has 26 heavy (non-hydrogen) atoms. The summed E-state index contributed by atoms with van der Waals surface area (Å²) in [6, 6.07) is 6.40. The van der Waals surface area contributed by atoms with Gasteiger partial charge in [0.05, 0.1) is 36.3 Å². The van der Waals surface area contributed by atoms with Crippen molar-refractivity contribution in [3.63, 3.8) is 0 Å². The Morgan fingerprint density at radius 1 is 1.35 bits per heavy atom. The van der Waals surface area contributed by atoms with Crippen molar-refractivity contribution in [3.8, 4) is 17.0 Å². The number of nitrogens with one attached hydrogen (secondary N) is 1. The van der Waals surface area contributed by atoms with Gasteiger partial charge in [0.15, 0.2) is 9.84 Å². The highest BCUT2D eigenvalue weighted by Gasteiger charge is 2.27. The van der Waals surface area contributed by atoms with Crippen LogP contribution in [0, 0.1) is 0 Å². The maximum atomic E-state index is 11.5. The Balaban J connectivity index is 0.00000196. The summed E-state index contributed by atoms with van der Waals surface area (Å²) in [5.74, 6) is 1.55. The maximum Gasteiger partial charge on any atom is 0.151 e. The lowest BCUT2D eigenvalue weighted by molar-refractivity contribution is 0.288. The number of ether oxygens (including phenoxy) is 1. The molecule has 0 saturated carbocycles. The third kappa shape index (κ3) is 4.22. The Morgan fingerprint density at radius 3 is 3.04 bits per heavy atom. The Labute approximate surface area is 160 Å². The zero-order valence-corrected chi connectivity index (χ0v) is 16.2. The molecular formula is C18H24ClN3O3S. The number of hydrogen-bond donors (Lipinski definition) is 1. The van der Waals surface area contributed by atoms with Gasteiger partial charge in [-0.2, -0.15) is 0 Å². The van der Waals surface area contributed by atoms with E-state index >= 15 is 0 Å². The highest BCUT2D eigenvalue weighted by molar-refractivity contribution is 7.91. The summed E-state index contributed by atoms with van der Waals surface area (Å²) in [4.78, 5) is 4.29. The van der Waals surface area contributed by atoms with Gasteiger partial charge in [-0.25, -0.2) is 13.4 Å². The number of nitrogens with zero attached hydrogens (tertiary/aromatic N) is 2. The Kier molecular flexibility index (Phi) is 5.89. The van der Waals surface area contributed by atoms with E-state index in [0.717, 1.165) is 49.5 Å². The highest BCUT2D eigenvalue weighted by atomic mass is 35.5. The number of sulfone groups is 1. The summed E-state index contributed by atoms with van der Waals surface area (Å²) in [7, 11) is -2.83. The molecule has 2 aliphatic heterocycles. The first kappa shape index (κ1) is 19.2. The van der Waals surface area contributed by atoms with Crippen LogP contribution in [-0.4, -0.2) is 48.7 Å². The fourth-order valence-corrected chi connectivity index (χ4v) is 5.31. The summed E-state index contributed by atoms with van der Waals surface area (Å²) >= 11 is 0. The third-order valence-corrected chi connectivity index (χ3v) is 6.70. The van der Waals surface area contributed by atoms with E-state index in [4.69, 9.17) is 4.74 Å². The Bertz CT molecular complexity index is 866. The molecule has 6 nitrogen and oxygen atoms in total. The Hall–Kier alpha value is -1.57. The quantitative estimate of drug-likeness (QED) is 0.836. The van der Waals surface area contributed by atoms with Crippen LogP contribution in [0.1, 0.15) is 18.4 Å². The number of benzene rings is 1. The number of fused-ring (bicyclic) bond motifs is 1. The van der Waals surface area contributed by atoms with Gasteiger partial charge in [0.25, 0.3) is 0 Å². The third-order valence-electron chi connectivity index (χ3n) is 4.93. The number of aryl methyl sites for hydroxylation is 1. The fourth-order valence-electron chi connectivity index (χ4n) is 3.60. The van der Waals surface area contributed by atoms with Gasteiger partial charge in [-0.15, -0.1) is 12.4 Å². The van der Waals surface area contributed by atoms with Gasteiger partial charge in [0.2, 0.25) is 0 Å². The van der Waals surface area contributed by atoms with E-state index in [2.05, 4.69) is 27.0 Å². The molecule has 2 aromatic rings. The number of imidazole rings is 1. The molecule has 1 atom stereocenters. The zero-order valence-electron chi connectivity index (χ0n) is 14.6. The van der Waals surface area contributed by atoms with Crippen molar-refractivity contribution < 1.29 is 13.2 Å². The first-order valence-electron chi connectivity index (χ1n) is 8.81. The average molecular weight is 398 g/mol. The molecule has 4 rings (SSSR count). The van der Waals surface area contributed by atoms with Crippen LogP contribution in [0.25, 0.3) is 11.3 Å². The topological polar surface area (TPSA) is 73.2 Å². The van der Waals surface area contributed by atoms with Crippen LogP contribution < -0.4 is 10.1 Å². The second kappa shape index (κ2) is 7.98. The van der Waals surface area contributed by atoms with Crippen LogP contribution in [-0.2, 0) is 22.8 Å². The van der Waals surface area contributed by atoms with E-state index in [1.807, 2.05) is 18.6 Å². The summed E-state index contributed by atoms with van der Waals surface area (Å²) in [6.45, 7) is 2.30. The molecule has 2 aliphatic rings. The van der Waals surface area contributed by atoms with Crippen LogP contribution >= 0.6 is 12.4 Å². The van der Waals surface area contributed by atoms with E-state index in [1.54, 1.807) is 0 Å². The molecule has 1 fully saturated rings. The molecule has 1 aromatic heterocycles. The van der Waals surface area contributed by atoms with E-state index in [9.17, 15) is 8.42 Å². The zero-order chi connectivity index (χ0) is 17.3.